The first kappa shape index (κ1) is 25.3. The third-order valence-electron chi connectivity index (χ3n) is 5.18. The highest BCUT2D eigenvalue weighted by Crippen LogP contribution is 2.52. The highest BCUT2D eigenvalue weighted by Gasteiger charge is 2.73. The van der Waals surface area contributed by atoms with E-state index in [4.69, 9.17) is 0 Å². The van der Waals surface area contributed by atoms with Crippen LogP contribution in [0.3, 0.4) is 0 Å². The van der Waals surface area contributed by atoms with Gasteiger partial charge in [-0.05, 0) is 28.1 Å². The van der Waals surface area contributed by atoms with Crippen LogP contribution in [0.1, 0.15) is 5.56 Å². The summed E-state index contributed by atoms with van der Waals surface area (Å²) in [6, 6.07) is 3.73. The minimum atomic E-state index is -5.72. The van der Waals surface area contributed by atoms with Crippen LogP contribution in [0.5, 0.6) is 0 Å². The predicted octanol–water partition coefficient (Wildman–Crippen LogP) is 4.99. The molecule has 0 radical (unpaired) electrons. The molecule has 32 heavy (non-hydrogen) atoms. The zero-order chi connectivity index (χ0) is 23.9. The van der Waals surface area contributed by atoms with Crippen LogP contribution in [0.15, 0.2) is 44.4 Å². The summed E-state index contributed by atoms with van der Waals surface area (Å²) >= 11 is 4.43. The van der Waals surface area contributed by atoms with Crippen molar-refractivity contribution in [3.63, 3.8) is 0 Å². The molecule has 1 saturated heterocycles. The summed E-state index contributed by atoms with van der Waals surface area (Å²) in [4.78, 5) is 1.84. The average Bonchev–Trinajstić information content (AvgIpc) is 3.14. The number of hydrogen-bond donors (Lipinski definition) is 0. The quantitative estimate of drug-likeness (QED) is 0.479. The monoisotopic (exact) mass is 566 g/mol. The first-order chi connectivity index (χ1) is 14.8. The molecule has 2 heterocycles. The van der Waals surface area contributed by atoms with E-state index >= 15 is 0 Å². The molecule has 0 unspecified atom stereocenters. The molecule has 1 aliphatic heterocycles. The van der Waals surface area contributed by atoms with E-state index in [-0.39, 0.29) is 31.1 Å². The van der Waals surface area contributed by atoms with Crippen molar-refractivity contribution in [1.29, 1.82) is 0 Å². The van der Waals surface area contributed by atoms with Crippen molar-refractivity contribution in [2.24, 2.45) is 0 Å². The SMILES string of the molecule is COC(c1ccc(N2CCN(S(=O)(=O)c3cscc3Br)CC2)cc1)(C(F)(F)F)C(F)(F)F. The van der Waals surface area contributed by atoms with E-state index in [0.717, 1.165) is 24.3 Å². The molecule has 1 aliphatic rings. The lowest BCUT2D eigenvalue weighted by molar-refractivity contribution is -0.383. The number of thiophene rings is 1. The molecule has 3 rings (SSSR count). The Labute approximate surface area is 192 Å². The molecule has 1 aromatic heterocycles. The van der Waals surface area contributed by atoms with Crippen molar-refractivity contribution in [1.82, 2.24) is 4.31 Å². The molecular weight excluding hydrogens is 550 g/mol. The second-order valence-corrected chi connectivity index (χ2v) is 10.4. The molecule has 1 fully saturated rings. The summed E-state index contributed by atoms with van der Waals surface area (Å²) in [5.41, 5.74) is -5.16. The highest BCUT2D eigenvalue weighted by molar-refractivity contribution is 9.10. The summed E-state index contributed by atoms with van der Waals surface area (Å²) in [5, 5.41) is 3.15. The van der Waals surface area contributed by atoms with Crippen LogP contribution < -0.4 is 4.90 Å². The van der Waals surface area contributed by atoms with Crippen LogP contribution in [0.25, 0.3) is 0 Å². The Kier molecular flexibility index (Phi) is 6.93. The number of sulfonamides is 1. The lowest BCUT2D eigenvalue weighted by atomic mass is 9.91. The van der Waals surface area contributed by atoms with Crippen LogP contribution in [0, 0.1) is 0 Å². The van der Waals surface area contributed by atoms with Gasteiger partial charge >= 0.3 is 12.4 Å². The number of alkyl halides is 6. The van der Waals surface area contributed by atoms with Gasteiger partial charge in [-0.1, -0.05) is 12.1 Å². The van der Waals surface area contributed by atoms with Gasteiger partial charge in [-0.25, -0.2) is 8.42 Å². The van der Waals surface area contributed by atoms with E-state index in [0.29, 0.717) is 17.3 Å². The Morgan fingerprint density at radius 2 is 1.47 bits per heavy atom. The molecule has 0 bridgehead atoms. The molecule has 2 aromatic rings. The maximum absolute atomic E-state index is 13.4. The molecule has 1 aromatic carbocycles. The van der Waals surface area contributed by atoms with Crippen LogP contribution in [0.4, 0.5) is 32.0 Å². The topological polar surface area (TPSA) is 49.9 Å². The fourth-order valence-electron chi connectivity index (χ4n) is 3.52. The van der Waals surface area contributed by atoms with Gasteiger partial charge in [0, 0.05) is 59.8 Å². The Morgan fingerprint density at radius 1 is 0.938 bits per heavy atom. The van der Waals surface area contributed by atoms with E-state index in [1.165, 1.54) is 21.0 Å². The van der Waals surface area contributed by atoms with Gasteiger partial charge in [-0.2, -0.15) is 30.6 Å². The van der Waals surface area contributed by atoms with E-state index in [1.54, 1.807) is 10.3 Å². The maximum atomic E-state index is 13.4. The van der Waals surface area contributed by atoms with Gasteiger partial charge in [0.1, 0.15) is 4.90 Å². The lowest BCUT2D eigenvalue weighted by Crippen LogP contribution is -2.55. The largest absolute Gasteiger partial charge is 0.430 e. The first-order valence-electron chi connectivity index (χ1n) is 9.01. The molecule has 178 valence electrons. The number of methoxy groups -OCH3 is 1. The van der Waals surface area contributed by atoms with Crippen LogP contribution in [-0.2, 0) is 20.4 Å². The summed E-state index contributed by atoms with van der Waals surface area (Å²) in [7, 11) is -3.35. The van der Waals surface area contributed by atoms with Gasteiger partial charge in [-0.3, -0.25) is 0 Å². The smallest absolute Gasteiger partial charge is 0.369 e. The summed E-state index contributed by atoms with van der Waals surface area (Å²) in [5.74, 6) is 0. The Balaban J connectivity index is 1.79. The zero-order valence-corrected chi connectivity index (χ0v) is 19.6. The fraction of sp³-hybridized carbons (Fsp3) is 0.444. The van der Waals surface area contributed by atoms with Crippen molar-refractivity contribution < 1.29 is 39.5 Å². The first-order valence-corrected chi connectivity index (χ1v) is 12.2. The molecule has 0 aliphatic carbocycles. The predicted molar refractivity (Wildman–Crippen MR) is 110 cm³/mol. The average molecular weight is 567 g/mol. The third-order valence-corrected chi connectivity index (χ3v) is 9.23. The van der Waals surface area contributed by atoms with Crippen molar-refractivity contribution in [3.05, 3.63) is 45.1 Å². The van der Waals surface area contributed by atoms with Crippen molar-refractivity contribution >= 4 is 43.0 Å². The van der Waals surface area contributed by atoms with E-state index < -0.39 is 33.5 Å². The van der Waals surface area contributed by atoms with Crippen molar-refractivity contribution in [2.75, 3.05) is 38.2 Å². The molecule has 5 nitrogen and oxygen atoms in total. The van der Waals surface area contributed by atoms with Crippen molar-refractivity contribution in [2.45, 2.75) is 22.8 Å². The number of piperazine rings is 1. The van der Waals surface area contributed by atoms with Gasteiger partial charge in [0.25, 0.3) is 5.60 Å². The van der Waals surface area contributed by atoms with Gasteiger partial charge in [0.2, 0.25) is 10.0 Å². The van der Waals surface area contributed by atoms with E-state index in [9.17, 15) is 34.8 Å². The zero-order valence-electron chi connectivity index (χ0n) is 16.4. The van der Waals surface area contributed by atoms with Crippen LogP contribution in [-0.4, -0.2) is 58.4 Å². The second-order valence-electron chi connectivity index (χ2n) is 6.90. The number of halogens is 7. The minimum absolute atomic E-state index is 0.111. The number of rotatable bonds is 5. The normalized spacial score (nSPS) is 17.1. The molecular formula is C18H17BrF6N2O3S2. The highest BCUT2D eigenvalue weighted by atomic mass is 79.9. The van der Waals surface area contributed by atoms with Gasteiger partial charge < -0.3 is 9.64 Å². The maximum Gasteiger partial charge on any atom is 0.430 e. The minimum Gasteiger partial charge on any atom is -0.369 e. The number of nitrogens with zero attached hydrogens (tertiary/aromatic N) is 2. The number of anilines is 1. The second kappa shape index (κ2) is 8.78. The standard InChI is InChI=1S/C18H17BrF6N2O3S2/c1-30-16(17(20,21)22,18(23,24)25)12-2-4-13(5-3-12)26-6-8-27(9-7-26)32(28,29)15-11-31-10-14(15)19/h2-5,10-11H,6-9H2,1H3. The molecule has 0 spiro atoms. The Hall–Kier alpha value is -1.35. The number of benzene rings is 1. The van der Waals surface area contributed by atoms with Gasteiger partial charge in [0.05, 0.1) is 0 Å². The Morgan fingerprint density at radius 3 is 1.88 bits per heavy atom. The van der Waals surface area contributed by atoms with Gasteiger partial charge in [-0.15, -0.1) is 11.3 Å². The Bertz CT molecular complexity index is 1030. The lowest BCUT2D eigenvalue weighted by Gasteiger charge is -2.37. The summed E-state index contributed by atoms with van der Waals surface area (Å²) in [6.07, 6.45) is -11.4. The van der Waals surface area contributed by atoms with Gasteiger partial charge in [0.15, 0.2) is 0 Å². The summed E-state index contributed by atoms with van der Waals surface area (Å²) < 4.78 is 112. The van der Waals surface area contributed by atoms with Crippen LogP contribution >= 0.6 is 27.3 Å². The fourth-order valence-corrected chi connectivity index (χ4v) is 7.25. The molecule has 0 saturated carbocycles. The number of hydrogen-bond acceptors (Lipinski definition) is 5. The van der Waals surface area contributed by atoms with Crippen molar-refractivity contribution in [3.8, 4) is 0 Å². The molecule has 0 N–H and O–H groups in total. The van der Waals surface area contributed by atoms with Crippen LogP contribution in [0.2, 0.25) is 0 Å². The van der Waals surface area contributed by atoms with E-state index in [1.807, 2.05) is 0 Å². The van der Waals surface area contributed by atoms with E-state index in [2.05, 4.69) is 20.7 Å². The molecule has 0 amide bonds. The third kappa shape index (κ3) is 4.27. The molecule has 14 heteroatoms. The number of ether oxygens (including phenoxy) is 1. The summed E-state index contributed by atoms with van der Waals surface area (Å²) in [6.45, 7) is 0.654. The molecule has 0 atom stereocenters.